The van der Waals surface area contributed by atoms with Crippen molar-refractivity contribution in [1.29, 1.82) is 0 Å². The van der Waals surface area contributed by atoms with Gasteiger partial charge in [-0.25, -0.2) is 0 Å². The van der Waals surface area contributed by atoms with E-state index in [1.165, 1.54) is 0 Å². The second-order valence-electron chi connectivity index (χ2n) is 5.01. The monoisotopic (exact) mass is 301 g/mol. The molecule has 0 bridgehead atoms. The normalized spacial score (nSPS) is 17.9. The molecule has 5 heteroatoms. The standard InChI is InChI=1S/C16H16ClN3O/c17-15-12(7-4-8-14(15)21)13-9-19-16(18)20(13)10-11-5-2-1-3-6-11/h1-8,13,21H,9-10H2,(H2,18,19). The van der Waals surface area contributed by atoms with E-state index in [-0.39, 0.29) is 11.8 Å². The Morgan fingerprint density at radius 3 is 2.71 bits per heavy atom. The van der Waals surface area contributed by atoms with Crippen molar-refractivity contribution in [3.05, 3.63) is 64.7 Å². The van der Waals surface area contributed by atoms with Gasteiger partial charge in [0.2, 0.25) is 0 Å². The van der Waals surface area contributed by atoms with Crippen LogP contribution in [-0.2, 0) is 6.54 Å². The van der Waals surface area contributed by atoms with Gasteiger partial charge in [0, 0.05) is 6.54 Å². The molecule has 0 saturated heterocycles. The van der Waals surface area contributed by atoms with E-state index in [1.54, 1.807) is 12.1 Å². The van der Waals surface area contributed by atoms with Crippen LogP contribution < -0.4 is 5.73 Å². The number of aromatic hydroxyl groups is 1. The number of halogens is 1. The summed E-state index contributed by atoms with van der Waals surface area (Å²) in [5.41, 5.74) is 8.01. The molecule has 0 saturated carbocycles. The molecule has 1 aliphatic heterocycles. The van der Waals surface area contributed by atoms with Crippen LogP contribution in [0.25, 0.3) is 0 Å². The van der Waals surface area contributed by atoms with Gasteiger partial charge in [-0.05, 0) is 17.2 Å². The van der Waals surface area contributed by atoms with E-state index in [4.69, 9.17) is 17.3 Å². The maximum absolute atomic E-state index is 9.78. The molecule has 2 aromatic carbocycles. The summed E-state index contributed by atoms with van der Waals surface area (Å²) in [5, 5.41) is 10.1. The van der Waals surface area contributed by atoms with E-state index in [9.17, 15) is 5.11 Å². The highest BCUT2D eigenvalue weighted by atomic mass is 35.5. The number of phenols is 1. The fourth-order valence-corrected chi connectivity index (χ4v) is 2.81. The van der Waals surface area contributed by atoms with Crippen LogP contribution in [0.15, 0.2) is 53.5 Å². The minimum Gasteiger partial charge on any atom is -0.506 e. The first-order chi connectivity index (χ1) is 10.2. The molecule has 21 heavy (non-hydrogen) atoms. The van der Waals surface area contributed by atoms with Crippen LogP contribution in [0.3, 0.4) is 0 Å². The molecule has 1 heterocycles. The van der Waals surface area contributed by atoms with Crippen LogP contribution in [0.5, 0.6) is 5.75 Å². The lowest BCUT2D eigenvalue weighted by atomic mass is 10.0. The molecule has 0 fully saturated rings. The SMILES string of the molecule is NC1=NCC(c2cccc(O)c2Cl)N1Cc1ccccc1. The van der Waals surface area contributed by atoms with E-state index < -0.39 is 0 Å². The summed E-state index contributed by atoms with van der Waals surface area (Å²) in [6, 6.07) is 15.3. The lowest BCUT2D eigenvalue weighted by Crippen LogP contribution is -2.35. The zero-order chi connectivity index (χ0) is 14.8. The van der Waals surface area contributed by atoms with Crippen molar-refractivity contribution >= 4 is 17.6 Å². The molecule has 3 N–H and O–H groups in total. The fourth-order valence-electron chi connectivity index (χ4n) is 2.56. The average molecular weight is 302 g/mol. The van der Waals surface area contributed by atoms with Gasteiger partial charge < -0.3 is 15.7 Å². The number of hydrogen-bond donors (Lipinski definition) is 2. The van der Waals surface area contributed by atoms with Crippen molar-refractivity contribution in [2.75, 3.05) is 6.54 Å². The molecule has 1 unspecified atom stereocenters. The predicted octanol–water partition coefficient (Wildman–Crippen LogP) is 2.92. The molecule has 1 atom stereocenters. The fraction of sp³-hybridized carbons (Fsp3) is 0.188. The van der Waals surface area contributed by atoms with Crippen molar-refractivity contribution < 1.29 is 5.11 Å². The third-order valence-electron chi connectivity index (χ3n) is 3.66. The molecule has 108 valence electrons. The van der Waals surface area contributed by atoms with Crippen molar-refractivity contribution in [1.82, 2.24) is 4.90 Å². The van der Waals surface area contributed by atoms with Gasteiger partial charge >= 0.3 is 0 Å². The van der Waals surface area contributed by atoms with Crippen LogP contribution in [0.2, 0.25) is 5.02 Å². The Labute approximate surface area is 128 Å². The molecule has 0 spiro atoms. The number of aliphatic imine (C=N–C) groups is 1. The number of hydrogen-bond acceptors (Lipinski definition) is 4. The quantitative estimate of drug-likeness (QED) is 0.916. The highest BCUT2D eigenvalue weighted by Gasteiger charge is 2.29. The summed E-state index contributed by atoms with van der Waals surface area (Å²) in [5.74, 6) is 0.586. The van der Waals surface area contributed by atoms with Crippen LogP contribution in [0.4, 0.5) is 0 Å². The number of benzene rings is 2. The maximum atomic E-state index is 9.78. The molecular formula is C16H16ClN3O. The van der Waals surface area contributed by atoms with Crippen molar-refractivity contribution in [2.24, 2.45) is 10.7 Å². The first-order valence-electron chi connectivity index (χ1n) is 6.74. The summed E-state index contributed by atoms with van der Waals surface area (Å²) in [6.07, 6.45) is 0. The molecule has 1 aliphatic rings. The zero-order valence-corrected chi connectivity index (χ0v) is 12.2. The van der Waals surface area contributed by atoms with Gasteiger partial charge in [0.15, 0.2) is 5.96 Å². The van der Waals surface area contributed by atoms with E-state index >= 15 is 0 Å². The zero-order valence-electron chi connectivity index (χ0n) is 11.4. The molecule has 0 radical (unpaired) electrons. The highest BCUT2D eigenvalue weighted by molar-refractivity contribution is 6.32. The van der Waals surface area contributed by atoms with E-state index in [2.05, 4.69) is 4.99 Å². The van der Waals surface area contributed by atoms with E-state index in [0.717, 1.165) is 11.1 Å². The Bertz CT molecular complexity index is 672. The first-order valence-corrected chi connectivity index (χ1v) is 7.12. The highest BCUT2D eigenvalue weighted by Crippen LogP contribution is 2.36. The molecule has 4 nitrogen and oxygen atoms in total. The number of nitrogens with zero attached hydrogens (tertiary/aromatic N) is 2. The lowest BCUT2D eigenvalue weighted by molar-refractivity contribution is 0.339. The minimum absolute atomic E-state index is 0.0511. The molecular weight excluding hydrogens is 286 g/mol. The largest absolute Gasteiger partial charge is 0.506 e. The van der Waals surface area contributed by atoms with E-state index in [1.807, 2.05) is 41.3 Å². The third kappa shape index (κ3) is 2.67. The molecule has 3 rings (SSSR count). The van der Waals surface area contributed by atoms with Gasteiger partial charge in [-0.2, -0.15) is 0 Å². The number of phenolic OH excluding ortho intramolecular Hbond substituents is 1. The summed E-state index contributed by atoms with van der Waals surface area (Å²) in [7, 11) is 0. The summed E-state index contributed by atoms with van der Waals surface area (Å²) < 4.78 is 0. The Morgan fingerprint density at radius 2 is 1.95 bits per heavy atom. The molecule has 0 aromatic heterocycles. The van der Waals surface area contributed by atoms with Gasteiger partial charge in [0.25, 0.3) is 0 Å². The van der Waals surface area contributed by atoms with Gasteiger partial charge in [-0.15, -0.1) is 0 Å². The van der Waals surface area contributed by atoms with Crippen molar-refractivity contribution in [2.45, 2.75) is 12.6 Å². The summed E-state index contributed by atoms with van der Waals surface area (Å²) in [6.45, 7) is 1.20. The molecule has 2 aromatic rings. The minimum atomic E-state index is -0.0511. The Morgan fingerprint density at radius 1 is 1.19 bits per heavy atom. The Hall–Kier alpha value is -2.20. The second kappa shape index (κ2) is 5.66. The second-order valence-corrected chi connectivity index (χ2v) is 5.39. The molecule has 0 aliphatic carbocycles. The van der Waals surface area contributed by atoms with Gasteiger partial charge in [0.1, 0.15) is 5.75 Å². The Kier molecular flexibility index (Phi) is 3.71. The summed E-state index contributed by atoms with van der Waals surface area (Å²) >= 11 is 6.22. The Balaban J connectivity index is 1.90. The lowest BCUT2D eigenvalue weighted by Gasteiger charge is -2.27. The van der Waals surface area contributed by atoms with Crippen molar-refractivity contribution in [3.63, 3.8) is 0 Å². The van der Waals surface area contributed by atoms with Gasteiger partial charge in [-0.3, -0.25) is 4.99 Å². The van der Waals surface area contributed by atoms with Gasteiger partial charge in [-0.1, -0.05) is 54.1 Å². The maximum Gasteiger partial charge on any atom is 0.192 e. The smallest absolute Gasteiger partial charge is 0.192 e. The number of guanidine groups is 1. The van der Waals surface area contributed by atoms with Gasteiger partial charge in [0.05, 0.1) is 17.6 Å². The summed E-state index contributed by atoms with van der Waals surface area (Å²) in [4.78, 5) is 6.33. The van der Waals surface area contributed by atoms with Crippen molar-refractivity contribution in [3.8, 4) is 5.75 Å². The van der Waals surface area contributed by atoms with Crippen LogP contribution >= 0.6 is 11.6 Å². The molecule has 0 amide bonds. The van der Waals surface area contributed by atoms with E-state index in [0.29, 0.717) is 24.1 Å². The van der Waals surface area contributed by atoms with Crippen LogP contribution in [0.1, 0.15) is 17.2 Å². The average Bonchev–Trinajstić information content (AvgIpc) is 2.84. The number of nitrogens with two attached hydrogens (primary N) is 1. The topological polar surface area (TPSA) is 61.9 Å². The van der Waals surface area contributed by atoms with Crippen LogP contribution in [0, 0.1) is 0 Å². The third-order valence-corrected chi connectivity index (χ3v) is 4.07. The number of rotatable bonds is 3. The predicted molar refractivity (Wildman–Crippen MR) is 84.3 cm³/mol. The first kappa shape index (κ1) is 13.8. The van der Waals surface area contributed by atoms with Crippen LogP contribution in [-0.4, -0.2) is 22.5 Å².